The molecule has 0 amide bonds. The SMILES string of the molecule is COC(=S)NCC/C=C/S(C)=O. The van der Waals surface area contributed by atoms with Crippen molar-refractivity contribution in [1.29, 1.82) is 0 Å². The standard InChI is InChI=1S/C7H13NO2S2/c1-10-7(11)8-5-3-4-6-12(2)9/h4,6H,3,5H2,1-2H3,(H,8,11)/b6-4+. The van der Waals surface area contributed by atoms with Crippen molar-refractivity contribution in [2.24, 2.45) is 0 Å². The zero-order valence-electron chi connectivity index (χ0n) is 7.20. The summed E-state index contributed by atoms with van der Waals surface area (Å²) in [4.78, 5) is 0. The van der Waals surface area contributed by atoms with Gasteiger partial charge in [-0.25, -0.2) is 0 Å². The van der Waals surface area contributed by atoms with Crippen LogP contribution in [-0.2, 0) is 15.5 Å². The number of hydrogen-bond donors (Lipinski definition) is 1. The highest BCUT2D eigenvalue weighted by molar-refractivity contribution is 7.87. The van der Waals surface area contributed by atoms with Crippen molar-refractivity contribution in [1.82, 2.24) is 5.32 Å². The number of nitrogens with one attached hydrogen (secondary N) is 1. The fraction of sp³-hybridized carbons (Fsp3) is 0.571. The number of ether oxygens (including phenoxy) is 1. The second kappa shape index (κ2) is 7.24. The van der Waals surface area contributed by atoms with E-state index >= 15 is 0 Å². The Morgan fingerprint density at radius 2 is 2.42 bits per heavy atom. The van der Waals surface area contributed by atoms with Gasteiger partial charge in [0, 0.05) is 23.6 Å². The monoisotopic (exact) mass is 207 g/mol. The lowest BCUT2D eigenvalue weighted by Gasteiger charge is -2.02. The summed E-state index contributed by atoms with van der Waals surface area (Å²) in [5.74, 6) is 0. The smallest absolute Gasteiger partial charge is 0.256 e. The number of rotatable bonds is 4. The molecule has 0 aliphatic heterocycles. The molecule has 0 heterocycles. The molecule has 0 aromatic heterocycles. The summed E-state index contributed by atoms with van der Waals surface area (Å²) in [5.41, 5.74) is 0. The van der Waals surface area contributed by atoms with Gasteiger partial charge >= 0.3 is 0 Å². The van der Waals surface area contributed by atoms with Crippen LogP contribution in [0.5, 0.6) is 0 Å². The van der Waals surface area contributed by atoms with Gasteiger partial charge in [0.2, 0.25) is 0 Å². The van der Waals surface area contributed by atoms with Crippen molar-refractivity contribution < 1.29 is 8.95 Å². The van der Waals surface area contributed by atoms with Gasteiger partial charge in [0.1, 0.15) is 0 Å². The Labute approximate surface area is 80.6 Å². The molecule has 5 heteroatoms. The Hall–Kier alpha value is -0.420. The van der Waals surface area contributed by atoms with Crippen LogP contribution in [0.1, 0.15) is 6.42 Å². The Morgan fingerprint density at radius 3 is 2.92 bits per heavy atom. The maximum absolute atomic E-state index is 10.6. The van der Waals surface area contributed by atoms with Crippen molar-refractivity contribution in [3.8, 4) is 0 Å². The molecule has 0 saturated heterocycles. The molecule has 3 nitrogen and oxygen atoms in total. The minimum absolute atomic E-state index is 0.390. The second-order valence-electron chi connectivity index (χ2n) is 2.08. The van der Waals surface area contributed by atoms with E-state index in [1.807, 2.05) is 6.08 Å². The van der Waals surface area contributed by atoms with Gasteiger partial charge in [-0.3, -0.25) is 4.21 Å². The fourth-order valence-corrected chi connectivity index (χ4v) is 1.04. The van der Waals surface area contributed by atoms with Crippen LogP contribution in [0.15, 0.2) is 11.5 Å². The largest absolute Gasteiger partial charge is 0.474 e. The maximum Gasteiger partial charge on any atom is 0.256 e. The van der Waals surface area contributed by atoms with E-state index in [-0.39, 0.29) is 0 Å². The first-order valence-corrected chi connectivity index (χ1v) is 5.50. The Morgan fingerprint density at radius 1 is 1.75 bits per heavy atom. The molecule has 0 radical (unpaired) electrons. The van der Waals surface area contributed by atoms with Crippen LogP contribution in [0, 0.1) is 0 Å². The van der Waals surface area contributed by atoms with E-state index in [9.17, 15) is 4.21 Å². The number of hydrogen-bond acceptors (Lipinski definition) is 3. The van der Waals surface area contributed by atoms with E-state index in [0.717, 1.165) is 6.42 Å². The van der Waals surface area contributed by atoms with E-state index in [2.05, 4.69) is 5.32 Å². The lowest BCUT2D eigenvalue weighted by atomic mass is 10.4. The summed E-state index contributed by atoms with van der Waals surface area (Å²) in [6.07, 6.45) is 4.27. The molecule has 0 spiro atoms. The van der Waals surface area contributed by atoms with Crippen molar-refractivity contribution in [3.05, 3.63) is 11.5 Å². The molecular formula is C7H13NO2S2. The Bertz CT molecular complexity index is 192. The summed E-state index contributed by atoms with van der Waals surface area (Å²) in [6, 6.07) is 0. The number of thiocarbonyl (C=S) groups is 1. The first kappa shape index (κ1) is 11.6. The minimum Gasteiger partial charge on any atom is -0.474 e. The molecule has 0 rings (SSSR count). The highest BCUT2D eigenvalue weighted by Gasteiger charge is 1.89. The highest BCUT2D eigenvalue weighted by atomic mass is 32.2. The zero-order chi connectivity index (χ0) is 9.40. The Balaban J connectivity index is 3.33. The van der Waals surface area contributed by atoms with Gasteiger partial charge in [0.05, 0.1) is 7.11 Å². The second-order valence-corrected chi connectivity index (χ2v) is 3.72. The summed E-state index contributed by atoms with van der Waals surface area (Å²) in [7, 11) is 0.666. The molecule has 1 atom stereocenters. The molecule has 0 saturated carbocycles. The average Bonchev–Trinajstić information content (AvgIpc) is 2.03. The van der Waals surface area contributed by atoms with Crippen LogP contribution in [0.25, 0.3) is 0 Å². The third-order valence-electron chi connectivity index (χ3n) is 1.05. The first-order chi connectivity index (χ1) is 5.66. The van der Waals surface area contributed by atoms with Crippen LogP contribution in [0.2, 0.25) is 0 Å². The quantitative estimate of drug-likeness (QED) is 0.546. The molecular weight excluding hydrogens is 194 g/mol. The topological polar surface area (TPSA) is 38.3 Å². The summed E-state index contributed by atoms with van der Waals surface area (Å²) in [5, 5.41) is 4.91. The Kier molecular flexibility index (Phi) is 6.99. The lowest BCUT2D eigenvalue weighted by Crippen LogP contribution is -2.23. The van der Waals surface area contributed by atoms with Gasteiger partial charge in [0.15, 0.2) is 0 Å². The van der Waals surface area contributed by atoms with Crippen molar-refractivity contribution in [3.63, 3.8) is 0 Å². The fourth-order valence-electron chi connectivity index (χ4n) is 0.533. The van der Waals surface area contributed by atoms with E-state index in [4.69, 9.17) is 17.0 Å². The van der Waals surface area contributed by atoms with Crippen LogP contribution in [0.4, 0.5) is 0 Å². The molecule has 0 aliphatic rings. The van der Waals surface area contributed by atoms with Crippen LogP contribution in [-0.4, -0.2) is 29.3 Å². The van der Waals surface area contributed by atoms with Crippen molar-refractivity contribution >= 4 is 28.2 Å². The molecule has 70 valence electrons. The van der Waals surface area contributed by atoms with Gasteiger partial charge in [-0.15, -0.1) is 0 Å². The van der Waals surface area contributed by atoms with Gasteiger partial charge < -0.3 is 10.1 Å². The normalized spacial score (nSPS) is 12.8. The van der Waals surface area contributed by atoms with Crippen molar-refractivity contribution in [2.45, 2.75) is 6.42 Å². The van der Waals surface area contributed by atoms with Gasteiger partial charge in [0.25, 0.3) is 5.17 Å². The summed E-state index contributed by atoms with van der Waals surface area (Å²) < 4.78 is 15.3. The van der Waals surface area contributed by atoms with Gasteiger partial charge in [-0.2, -0.15) is 0 Å². The van der Waals surface area contributed by atoms with Gasteiger partial charge in [-0.05, 0) is 24.0 Å². The molecule has 0 fully saturated rings. The third kappa shape index (κ3) is 7.68. The van der Waals surface area contributed by atoms with E-state index in [1.165, 1.54) is 7.11 Å². The maximum atomic E-state index is 10.6. The van der Waals surface area contributed by atoms with Crippen LogP contribution >= 0.6 is 12.2 Å². The predicted octanol–water partition coefficient (Wildman–Crippen LogP) is 0.790. The highest BCUT2D eigenvalue weighted by Crippen LogP contribution is 1.84. The molecule has 1 unspecified atom stereocenters. The first-order valence-electron chi connectivity index (χ1n) is 3.47. The van der Waals surface area contributed by atoms with Gasteiger partial charge in [-0.1, -0.05) is 6.08 Å². The predicted molar refractivity (Wildman–Crippen MR) is 55.4 cm³/mol. The molecule has 1 N–H and O–H groups in total. The summed E-state index contributed by atoms with van der Waals surface area (Å²) in [6.45, 7) is 0.709. The molecule has 0 aromatic rings. The molecule has 0 aromatic carbocycles. The lowest BCUT2D eigenvalue weighted by molar-refractivity contribution is 0.393. The summed E-state index contributed by atoms with van der Waals surface area (Å²) >= 11 is 4.74. The average molecular weight is 207 g/mol. The zero-order valence-corrected chi connectivity index (χ0v) is 8.83. The van der Waals surface area contributed by atoms with E-state index in [0.29, 0.717) is 11.7 Å². The molecule has 0 aliphatic carbocycles. The number of methoxy groups -OCH3 is 1. The van der Waals surface area contributed by atoms with E-state index in [1.54, 1.807) is 11.7 Å². The minimum atomic E-state index is -0.854. The van der Waals surface area contributed by atoms with Crippen LogP contribution < -0.4 is 5.32 Å². The third-order valence-corrected chi connectivity index (χ3v) is 1.94. The molecule has 0 bridgehead atoms. The van der Waals surface area contributed by atoms with Crippen molar-refractivity contribution in [2.75, 3.05) is 19.9 Å². The molecule has 12 heavy (non-hydrogen) atoms. The van der Waals surface area contributed by atoms with E-state index < -0.39 is 10.8 Å². The van der Waals surface area contributed by atoms with Crippen LogP contribution in [0.3, 0.4) is 0 Å².